The summed E-state index contributed by atoms with van der Waals surface area (Å²) in [6.07, 6.45) is 6.10. The molecule has 0 amide bonds. The maximum absolute atomic E-state index is 14.1. The second-order valence-corrected chi connectivity index (χ2v) is 8.73. The van der Waals surface area contributed by atoms with Crippen LogP contribution in [0.4, 0.5) is 8.78 Å². The number of hydrogen-bond donors (Lipinski definition) is 1. The highest BCUT2D eigenvalue weighted by Crippen LogP contribution is 2.33. The molecule has 0 bridgehead atoms. The first-order valence-corrected chi connectivity index (χ1v) is 10.6. The van der Waals surface area contributed by atoms with E-state index in [0.717, 1.165) is 25.5 Å². The quantitative estimate of drug-likeness (QED) is 0.708. The standard InChI is InChI=1S/C22H25F2N5O/c1-13-10-28(11-14-6-7-15(23)8-19(14)24)12-18(13)20-26-21-17(22(30)27-20)9-25-29(21)16-4-2-3-5-16/h6-9,13,16,18H,2-5,10-12H2,1H3,(H,26,27,30)/t13-,18-/m1/s1. The highest BCUT2D eigenvalue weighted by atomic mass is 19.1. The first kappa shape index (κ1) is 19.4. The van der Waals surface area contributed by atoms with Gasteiger partial charge in [0.05, 0.1) is 12.2 Å². The highest BCUT2D eigenvalue weighted by molar-refractivity contribution is 5.73. The Hall–Kier alpha value is -2.61. The number of likely N-dealkylation sites (tertiary alicyclic amines) is 1. The summed E-state index contributed by atoms with van der Waals surface area (Å²) in [5.41, 5.74) is 0.978. The number of aromatic amines is 1. The first-order chi connectivity index (χ1) is 14.5. The molecule has 1 aromatic carbocycles. The monoisotopic (exact) mass is 413 g/mol. The zero-order chi connectivity index (χ0) is 20.8. The molecule has 1 saturated heterocycles. The lowest BCUT2D eigenvalue weighted by molar-refractivity contribution is 0.312. The predicted octanol–water partition coefficient (Wildman–Crippen LogP) is 3.75. The van der Waals surface area contributed by atoms with Crippen LogP contribution < -0.4 is 5.56 Å². The van der Waals surface area contributed by atoms with Gasteiger partial charge in [0.1, 0.15) is 22.8 Å². The van der Waals surface area contributed by atoms with Gasteiger partial charge in [-0.2, -0.15) is 5.10 Å². The van der Waals surface area contributed by atoms with E-state index in [0.29, 0.717) is 41.6 Å². The fourth-order valence-electron chi connectivity index (χ4n) is 4.99. The molecule has 1 N–H and O–H groups in total. The lowest BCUT2D eigenvalue weighted by atomic mass is 9.97. The molecule has 30 heavy (non-hydrogen) atoms. The molecule has 3 aromatic rings. The predicted molar refractivity (Wildman–Crippen MR) is 109 cm³/mol. The Balaban J connectivity index is 1.42. The molecule has 2 atom stereocenters. The van der Waals surface area contributed by atoms with E-state index in [1.165, 1.54) is 25.0 Å². The van der Waals surface area contributed by atoms with Gasteiger partial charge in [-0.15, -0.1) is 0 Å². The zero-order valence-electron chi connectivity index (χ0n) is 16.9. The van der Waals surface area contributed by atoms with Crippen LogP contribution in [0.5, 0.6) is 0 Å². The summed E-state index contributed by atoms with van der Waals surface area (Å²) in [5, 5.41) is 4.99. The van der Waals surface area contributed by atoms with Crippen molar-refractivity contribution in [2.45, 2.75) is 51.1 Å². The zero-order valence-corrected chi connectivity index (χ0v) is 16.9. The Bertz CT molecular complexity index is 1130. The van der Waals surface area contributed by atoms with E-state index in [2.05, 4.69) is 21.9 Å². The van der Waals surface area contributed by atoms with E-state index < -0.39 is 11.6 Å². The van der Waals surface area contributed by atoms with Crippen LogP contribution in [-0.2, 0) is 6.54 Å². The van der Waals surface area contributed by atoms with Gasteiger partial charge in [0.2, 0.25) is 0 Å². The maximum atomic E-state index is 14.1. The SMILES string of the molecule is C[C@@H]1CN(Cc2ccc(F)cc2F)C[C@H]1c1nc2c(cnn2C2CCCC2)c(=O)[nH]1. The number of benzene rings is 1. The molecule has 3 heterocycles. The molecule has 2 fully saturated rings. The first-order valence-electron chi connectivity index (χ1n) is 10.6. The van der Waals surface area contributed by atoms with Crippen LogP contribution in [-0.4, -0.2) is 37.7 Å². The largest absolute Gasteiger partial charge is 0.310 e. The minimum atomic E-state index is -0.571. The van der Waals surface area contributed by atoms with Gasteiger partial charge in [-0.05, 0) is 24.8 Å². The average Bonchev–Trinajstić information content (AvgIpc) is 3.43. The lowest BCUT2D eigenvalue weighted by Crippen LogP contribution is -2.22. The van der Waals surface area contributed by atoms with Crippen LogP contribution in [0.25, 0.3) is 11.0 Å². The van der Waals surface area contributed by atoms with E-state index in [4.69, 9.17) is 4.98 Å². The smallest absolute Gasteiger partial charge is 0.262 e. The van der Waals surface area contributed by atoms with Crippen molar-refractivity contribution in [1.82, 2.24) is 24.6 Å². The molecule has 6 nitrogen and oxygen atoms in total. The molecular formula is C22H25F2N5O. The topological polar surface area (TPSA) is 66.8 Å². The van der Waals surface area contributed by atoms with Crippen molar-refractivity contribution < 1.29 is 8.78 Å². The van der Waals surface area contributed by atoms with Gasteiger partial charge < -0.3 is 4.98 Å². The second-order valence-electron chi connectivity index (χ2n) is 8.73. The van der Waals surface area contributed by atoms with Crippen LogP contribution in [0, 0.1) is 17.6 Å². The Morgan fingerprint density at radius 1 is 1.20 bits per heavy atom. The van der Waals surface area contributed by atoms with Crippen molar-refractivity contribution in [2.75, 3.05) is 13.1 Å². The molecule has 1 aliphatic heterocycles. The van der Waals surface area contributed by atoms with Gasteiger partial charge in [0.15, 0.2) is 5.65 Å². The summed E-state index contributed by atoms with van der Waals surface area (Å²) in [5.74, 6) is -0.145. The third-order valence-electron chi connectivity index (χ3n) is 6.60. The minimum absolute atomic E-state index is 0.0394. The van der Waals surface area contributed by atoms with Gasteiger partial charge >= 0.3 is 0 Å². The van der Waals surface area contributed by atoms with Crippen LogP contribution >= 0.6 is 0 Å². The third-order valence-corrected chi connectivity index (χ3v) is 6.60. The number of aromatic nitrogens is 4. The summed E-state index contributed by atoms with van der Waals surface area (Å²) < 4.78 is 29.2. The van der Waals surface area contributed by atoms with Gasteiger partial charge in [0, 0.05) is 37.2 Å². The van der Waals surface area contributed by atoms with Crippen LogP contribution in [0.1, 0.15) is 56.0 Å². The number of hydrogen-bond acceptors (Lipinski definition) is 4. The van der Waals surface area contributed by atoms with Crippen molar-refractivity contribution in [3.8, 4) is 0 Å². The van der Waals surface area contributed by atoms with E-state index in [-0.39, 0.29) is 17.4 Å². The van der Waals surface area contributed by atoms with Gasteiger partial charge in [-0.25, -0.2) is 18.4 Å². The van der Waals surface area contributed by atoms with E-state index in [1.54, 1.807) is 6.20 Å². The molecule has 2 aliphatic rings. The number of halogens is 2. The highest BCUT2D eigenvalue weighted by Gasteiger charge is 2.33. The molecule has 1 aliphatic carbocycles. The van der Waals surface area contributed by atoms with Crippen LogP contribution in [0.2, 0.25) is 0 Å². The molecule has 8 heteroatoms. The molecule has 5 rings (SSSR count). The van der Waals surface area contributed by atoms with Crippen LogP contribution in [0.15, 0.2) is 29.2 Å². The Labute approximate surface area is 172 Å². The Kier molecular flexibility index (Phi) is 4.89. The van der Waals surface area contributed by atoms with Gasteiger partial charge in [-0.3, -0.25) is 9.69 Å². The fourth-order valence-corrected chi connectivity index (χ4v) is 4.99. The second kappa shape index (κ2) is 7.58. The molecule has 158 valence electrons. The van der Waals surface area contributed by atoms with E-state index in [1.807, 2.05) is 4.68 Å². The molecule has 2 aromatic heterocycles. The van der Waals surface area contributed by atoms with Gasteiger partial charge in [-0.1, -0.05) is 25.8 Å². The van der Waals surface area contributed by atoms with Crippen LogP contribution in [0.3, 0.4) is 0 Å². The summed E-state index contributed by atoms with van der Waals surface area (Å²) in [6, 6.07) is 4.01. The lowest BCUT2D eigenvalue weighted by Gasteiger charge is -2.17. The fraction of sp³-hybridized carbons (Fsp3) is 0.500. The van der Waals surface area contributed by atoms with Crippen molar-refractivity contribution >= 4 is 11.0 Å². The number of rotatable bonds is 4. The summed E-state index contributed by atoms with van der Waals surface area (Å²) in [7, 11) is 0. The normalized spacial score (nSPS) is 23.0. The Morgan fingerprint density at radius 3 is 2.77 bits per heavy atom. The van der Waals surface area contributed by atoms with E-state index in [9.17, 15) is 13.6 Å². The summed E-state index contributed by atoms with van der Waals surface area (Å²) in [4.78, 5) is 22.6. The molecule has 0 spiro atoms. The average molecular weight is 413 g/mol. The van der Waals surface area contributed by atoms with Crippen molar-refractivity contribution in [3.05, 3.63) is 57.8 Å². The summed E-state index contributed by atoms with van der Waals surface area (Å²) in [6.45, 7) is 3.93. The molecule has 1 saturated carbocycles. The van der Waals surface area contributed by atoms with Crippen molar-refractivity contribution in [2.24, 2.45) is 5.92 Å². The maximum Gasteiger partial charge on any atom is 0.262 e. The van der Waals surface area contributed by atoms with Crippen molar-refractivity contribution in [1.29, 1.82) is 0 Å². The number of fused-ring (bicyclic) bond motifs is 1. The van der Waals surface area contributed by atoms with E-state index >= 15 is 0 Å². The minimum Gasteiger partial charge on any atom is -0.310 e. The van der Waals surface area contributed by atoms with Crippen molar-refractivity contribution in [3.63, 3.8) is 0 Å². The van der Waals surface area contributed by atoms with Gasteiger partial charge in [0.25, 0.3) is 5.56 Å². The third kappa shape index (κ3) is 3.43. The molecule has 0 unspecified atom stereocenters. The number of nitrogens with zero attached hydrogens (tertiary/aromatic N) is 4. The molecule has 0 radical (unpaired) electrons. The Morgan fingerprint density at radius 2 is 2.00 bits per heavy atom. The number of H-pyrrole nitrogens is 1. The number of nitrogens with one attached hydrogen (secondary N) is 1. The molecular weight excluding hydrogens is 388 g/mol. The summed E-state index contributed by atoms with van der Waals surface area (Å²) >= 11 is 0.